The van der Waals surface area contributed by atoms with Crippen LogP contribution in [0.25, 0.3) is 22.0 Å². The Morgan fingerprint density at radius 2 is 1.56 bits per heavy atom. The number of aromatic nitrogens is 1. The van der Waals surface area contributed by atoms with Crippen molar-refractivity contribution in [3.63, 3.8) is 0 Å². The fraction of sp³-hybridized carbons (Fsp3) is 0.250. The van der Waals surface area contributed by atoms with E-state index >= 15 is 0 Å². The number of hydrogen-bond donors (Lipinski definition) is 0. The van der Waals surface area contributed by atoms with Crippen molar-refractivity contribution < 1.29 is 27.8 Å². The Morgan fingerprint density at radius 3 is 2.19 bits per heavy atom. The zero-order valence-electron chi connectivity index (χ0n) is 20.7. The highest BCUT2D eigenvalue weighted by Gasteiger charge is 2.21. The lowest BCUT2D eigenvalue weighted by atomic mass is 10.00. The number of benzene rings is 3. The quantitative estimate of drug-likeness (QED) is 0.281. The molecule has 4 rings (SSSR count). The van der Waals surface area contributed by atoms with Gasteiger partial charge in [-0.15, -0.1) is 0 Å². The second-order valence-electron chi connectivity index (χ2n) is 8.13. The maximum absolute atomic E-state index is 14.4. The van der Waals surface area contributed by atoms with Crippen molar-refractivity contribution in [1.82, 2.24) is 9.47 Å². The Hall–Kier alpha value is -4.07. The highest BCUT2D eigenvalue weighted by atomic mass is 19.1. The second-order valence-corrected chi connectivity index (χ2v) is 8.13. The SMILES string of the molecule is CCN(CC)C(=O)Oc1ccc2c(ccn2Cc2c(F)cccc2F)c1-c1ccc(OC)c(OC)c1. The first-order valence-corrected chi connectivity index (χ1v) is 11.7. The van der Waals surface area contributed by atoms with Crippen LogP contribution in [0.3, 0.4) is 0 Å². The maximum Gasteiger partial charge on any atom is 0.415 e. The van der Waals surface area contributed by atoms with E-state index in [1.165, 1.54) is 18.2 Å². The van der Waals surface area contributed by atoms with Gasteiger partial charge in [0.25, 0.3) is 0 Å². The van der Waals surface area contributed by atoms with Crippen molar-refractivity contribution in [1.29, 1.82) is 0 Å². The molecular formula is C28H28F2N2O4. The van der Waals surface area contributed by atoms with E-state index in [1.807, 2.05) is 26.0 Å². The molecule has 8 heteroatoms. The second kappa shape index (κ2) is 10.7. The Kier molecular flexibility index (Phi) is 7.43. The Morgan fingerprint density at radius 1 is 0.889 bits per heavy atom. The monoisotopic (exact) mass is 494 g/mol. The fourth-order valence-corrected chi connectivity index (χ4v) is 4.26. The number of halogens is 2. The minimum Gasteiger partial charge on any atom is -0.493 e. The molecule has 0 saturated heterocycles. The van der Waals surface area contributed by atoms with Gasteiger partial charge in [0.05, 0.1) is 20.8 Å². The number of methoxy groups -OCH3 is 2. The van der Waals surface area contributed by atoms with Gasteiger partial charge < -0.3 is 23.7 Å². The lowest BCUT2D eigenvalue weighted by Crippen LogP contribution is -2.33. The molecule has 1 aromatic heterocycles. The Labute approximate surface area is 208 Å². The molecule has 0 spiro atoms. The van der Waals surface area contributed by atoms with Crippen LogP contribution in [-0.4, -0.2) is 42.9 Å². The first-order chi connectivity index (χ1) is 17.4. The summed E-state index contributed by atoms with van der Waals surface area (Å²) in [7, 11) is 3.10. The molecule has 0 aliphatic carbocycles. The number of carbonyl (C=O) groups is 1. The molecular weight excluding hydrogens is 466 g/mol. The summed E-state index contributed by atoms with van der Waals surface area (Å²) >= 11 is 0. The van der Waals surface area contributed by atoms with Crippen molar-refractivity contribution in [2.75, 3.05) is 27.3 Å². The van der Waals surface area contributed by atoms with Gasteiger partial charge in [-0.25, -0.2) is 13.6 Å². The van der Waals surface area contributed by atoms with Gasteiger partial charge in [-0.2, -0.15) is 0 Å². The van der Waals surface area contributed by atoms with Gasteiger partial charge in [0.2, 0.25) is 0 Å². The molecule has 0 aliphatic heterocycles. The van der Waals surface area contributed by atoms with Gasteiger partial charge in [-0.1, -0.05) is 12.1 Å². The molecule has 36 heavy (non-hydrogen) atoms. The molecule has 1 heterocycles. The van der Waals surface area contributed by atoms with E-state index in [9.17, 15) is 13.6 Å². The van der Waals surface area contributed by atoms with Gasteiger partial charge in [0.15, 0.2) is 11.5 Å². The van der Waals surface area contributed by atoms with Crippen LogP contribution in [0.4, 0.5) is 13.6 Å². The molecule has 0 saturated carbocycles. The van der Waals surface area contributed by atoms with E-state index in [4.69, 9.17) is 14.2 Å². The largest absolute Gasteiger partial charge is 0.493 e. The molecule has 0 unspecified atom stereocenters. The van der Waals surface area contributed by atoms with Gasteiger partial charge in [-0.05, 0) is 61.9 Å². The van der Waals surface area contributed by atoms with E-state index < -0.39 is 17.7 Å². The fourth-order valence-electron chi connectivity index (χ4n) is 4.26. The zero-order chi connectivity index (χ0) is 25.8. The van der Waals surface area contributed by atoms with E-state index in [1.54, 1.807) is 54.1 Å². The number of amides is 1. The van der Waals surface area contributed by atoms with Crippen LogP contribution in [-0.2, 0) is 6.54 Å². The molecule has 0 fully saturated rings. The lowest BCUT2D eigenvalue weighted by molar-refractivity contribution is 0.157. The third-order valence-corrected chi connectivity index (χ3v) is 6.20. The van der Waals surface area contributed by atoms with E-state index in [0.717, 1.165) is 16.5 Å². The summed E-state index contributed by atoms with van der Waals surface area (Å²) < 4.78 is 47.2. The molecule has 4 aromatic rings. The number of nitrogens with zero attached hydrogens (tertiary/aromatic N) is 2. The summed E-state index contributed by atoms with van der Waals surface area (Å²) in [4.78, 5) is 14.4. The first-order valence-electron chi connectivity index (χ1n) is 11.7. The van der Waals surface area contributed by atoms with Crippen molar-refractivity contribution in [3.05, 3.63) is 78.0 Å². The summed E-state index contributed by atoms with van der Waals surface area (Å²) in [6.45, 7) is 4.78. The van der Waals surface area contributed by atoms with Gasteiger partial charge in [0.1, 0.15) is 17.4 Å². The smallest absolute Gasteiger partial charge is 0.415 e. The molecule has 1 amide bonds. The highest BCUT2D eigenvalue weighted by Crippen LogP contribution is 2.41. The standard InChI is InChI=1S/C28H28F2N2O4/c1-5-31(6-2)28(33)36-25-13-11-23-19(27(25)18-10-12-24(34-3)26(16-18)35-4)14-15-32(23)17-20-21(29)8-7-9-22(20)30/h7-16H,5-6,17H2,1-4H3. The van der Waals surface area contributed by atoms with Crippen molar-refractivity contribution in [3.8, 4) is 28.4 Å². The molecule has 0 atom stereocenters. The summed E-state index contributed by atoms with van der Waals surface area (Å²) in [6.07, 6.45) is 1.30. The lowest BCUT2D eigenvalue weighted by Gasteiger charge is -2.20. The average Bonchev–Trinajstić information content (AvgIpc) is 3.29. The third kappa shape index (κ3) is 4.71. The van der Waals surface area contributed by atoms with Gasteiger partial charge in [0, 0.05) is 41.3 Å². The van der Waals surface area contributed by atoms with E-state index in [0.29, 0.717) is 35.9 Å². The summed E-state index contributed by atoms with van der Waals surface area (Å²) in [5.74, 6) is 0.216. The first kappa shape index (κ1) is 25.0. The summed E-state index contributed by atoms with van der Waals surface area (Å²) in [5, 5.41) is 0.754. The predicted octanol–water partition coefficient (Wildman–Crippen LogP) is 6.49. The number of rotatable bonds is 8. The number of hydrogen-bond acceptors (Lipinski definition) is 4. The van der Waals surface area contributed by atoms with Crippen molar-refractivity contribution in [2.45, 2.75) is 20.4 Å². The number of ether oxygens (including phenoxy) is 3. The van der Waals surface area contributed by atoms with Crippen molar-refractivity contribution in [2.24, 2.45) is 0 Å². The summed E-state index contributed by atoms with van der Waals surface area (Å²) in [5.41, 5.74) is 2.09. The molecule has 0 bridgehead atoms. The molecule has 6 nitrogen and oxygen atoms in total. The molecule has 0 radical (unpaired) electrons. The maximum atomic E-state index is 14.4. The normalized spacial score (nSPS) is 10.9. The van der Waals surface area contributed by atoms with Crippen LogP contribution < -0.4 is 14.2 Å². The third-order valence-electron chi connectivity index (χ3n) is 6.20. The van der Waals surface area contributed by atoms with Crippen LogP contribution in [0.1, 0.15) is 19.4 Å². The minimum absolute atomic E-state index is 0.00591. The summed E-state index contributed by atoms with van der Waals surface area (Å²) in [6, 6.07) is 14.6. The van der Waals surface area contributed by atoms with Gasteiger partial charge >= 0.3 is 6.09 Å². The zero-order valence-corrected chi connectivity index (χ0v) is 20.7. The minimum atomic E-state index is -0.610. The molecule has 3 aromatic carbocycles. The molecule has 0 aliphatic rings. The molecule has 188 valence electrons. The van der Waals surface area contributed by atoms with Gasteiger partial charge in [-0.3, -0.25) is 0 Å². The van der Waals surface area contributed by atoms with E-state index in [-0.39, 0.29) is 12.1 Å². The average molecular weight is 495 g/mol. The Bertz CT molecular complexity index is 1380. The predicted molar refractivity (Wildman–Crippen MR) is 135 cm³/mol. The topological polar surface area (TPSA) is 52.9 Å². The molecule has 0 N–H and O–H groups in total. The Balaban J connectivity index is 1.87. The van der Waals surface area contributed by atoms with Crippen LogP contribution in [0.2, 0.25) is 0 Å². The number of fused-ring (bicyclic) bond motifs is 1. The van der Waals surface area contributed by atoms with Crippen LogP contribution in [0.15, 0.2) is 60.8 Å². The van der Waals surface area contributed by atoms with E-state index in [2.05, 4.69) is 0 Å². The van der Waals surface area contributed by atoms with Crippen LogP contribution >= 0.6 is 0 Å². The number of carbonyl (C=O) groups excluding carboxylic acids is 1. The highest BCUT2D eigenvalue weighted by molar-refractivity contribution is 6.00. The van der Waals surface area contributed by atoms with Crippen molar-refractivity contribution >= 4 is 17.0 Å². The van der Waals surface area contributed by atoms with Crippen LogP contribution in [0, 0.1) is 11.6 Å². The van der Waals surface area contributed by atoms with Crippen LogP contribution in [0.5, 0.6) is 17.2 Å².